The molecule has 4 N–H and O–H groups in total. The van der Waals surface area contributed by atoms with E-state index in [1.54, 1.807) is 0 Å². The highest BCUT2D eigenvalue weighted by Gasteiger charge is 2.43. The molecule has 0 aliphatic carbocycles. The van der Waals surface area contributed by atoms with Gasteiger partial charge in [0, 0.05) is 13.1 Å². The summed E-state index contributed by atoms with van der Waals surface area (Å²) in [6.07, 6.45) is -4.93. The number of nitrogens with two attached hydrogens (primary N) is 1. The first-order valence-corrected chi connectivity index (χ1v) is 6.24. The number of carbonyl (C=O) groups excluding carboxylic acids is 2. The smallest absolute Gasteiger partial charge is 0.393 e. The number of halogens is 3. The molecule has 10 heteroatoms. The van der Waals surface area contributed by atoms with Gasteiger partial charge in [0.1, 0.15) is 6.04 Å². The first kappa shape index (κ1) is 17.1. The topological polar surface area (TPSA) is 113 Å². The average molecular weight is 311 g/mol. The van der Waals surface area contributed by atoms with E-state index in [1.807, 2.05) is 5.32 Å². The highest BCUT2D eigenvalue weighted by Crippen LogP contribution is 2.33. The fraction of sp³-hybridized carbons (Fsp3) is 0.727. The number of primary amides is 1. The van der Waals surface area contributed by atoms with Gasteiger partial charge in [0.15, 0.2) is 0 Å². The summed E-state index contributed by atoms with van der Waals surface area (Å²) in [7, 11) is 0. The number of piperidine rings is 1. The fourth-order valence-electron chi connectivity index (χ4n) is 2.07. The number of rotatable bonds is 4. The predicted molar refractivity (Wildman–Crippen MR) is 64.1 cm³/mol. The summed E-state index contributed by atoms with van der Waals surface area (Å²) in [6, 6.07) is -2.50. The number of carboxylic acids is 1. The minimum absolute atomic E-state index is 0.0725. The number of nitrogens with zero attached hydrogens (tertiary/aromatic N) is 1. The molecule has 0 spiro atoms. The van der Waals surface area contributed by atoms with Crippen LogP contribution in [0.25, 0.3) is 0 Å². The van der Waals surface area contributed by atoms with Crippen molar-refractivity contribution in [3.63, 3.8) is 0 Å². The lowest BCUT2D eigenvalue weighted by molar-refractivity contribution is -0.184. The van der Waals surface area contributed by atoms with Gasteiger partial charge >= 0.3 is 18.2 Å². The van der Waals surface area contributed by atoms with E-state index in [-0.39, 0.29) is 19.4 Å². The van der Waals surface area contributed by atoms with Crippen molar-refractivity contribution in [1.29, 1.82) is 0 Å². The molecule has 1 saturated heterocycles. The fourth-order valence-corrected chi connectivity index (χ4v) is 2.07. The summed E-state index contributed by atoms with van der Waals surface area (Å²) >= 11 is 0. The standard InChI is InChI=1S/C11H16F3N3O4/c12-11(13,14)6-2-1-3-17(5-6)10(21)16-7(9(19)20)4-8(15)18/h6-7H,1-5H2,(H2,15,18)(H,16,21)(H,19,20). The van der Waals surface area contributed by atoms with E-state index >= 15 is 0 Å². The van der Waals surface area contributed by atoms with Crippen LogP contribution in [0.2, 0.25) is 0 Å². The average Bonchev–Trinajstić information content (AvgIpc) is 2.36. The normalized spacial score (nSPS) is 20.7. The summed E-state index contributed by atoms with van der Waals surface area (Å²) in [6.45, 7) is -0.431. The van der Waals surface area contributed by atoms with E-state index in [0.717, 1.165) is 4.90 Å². The summed E-state index contributed by atoms with van der Waals surface area (Å²) in [5.74, 6) is -4.04. The van der Waals surface area contributed by atoms with E-state index in [2.05, 4.69) is 0 Å². The minimum Gasteiger partial charge on any atom is -0.480 e. The van der Waals surface area contributed by atoms with Gasteiger partial charge in [-0.1, -0.05) is 0 Å². The number of alkyl halides is 3. The Bertz CT molecular complexity index is 427. The Hall–Kier alpha value is -2.00. The van der Waals surface area contributed by atoms with Crippen molar-refractivity contribution < 1.29 is 32.7 Å². The Balaban J connectivity index is 2.65. The van der Waals surface area contributed by atoms with Gasteiger partial charge in [0.2, 0.25) is 5.91 Å². The van der Waals surface area contributed by atoms with Crippen LogP contribution in [0.4, 0.5) is 18.0 Å². The van der Waals surface area contributed by atoms with E-state index in [0.29, 0.717) is 0 Å². The molecule has 1 aliphatic heterocycles. The molecule has 1 rings (SSSR count). The molecule has 1 aliphatic rings. The molecule has 2 atom stereocenters. The lowest BCUT2D eigenvalue weighted by Crippen LogP contribution is -2.53. The molecular formula is C11H16F3N3O4. The molecule has 0 saturated carbocycles. The maximum atomic E-state index is 12.6. The highest BCUT2D eigenvalue weighted by molar-refractivity contribution is 5.87. The molecule has 0 aromatic rings. The Labute approximate surface area is 118 Å². The number of carbonyl (C=O) groups is 3. The number of urea groups is 1. The van der Waals surface area contributed by atoms with Crippen molar-refractivity contribution >= 4 is 17.9 Å². The minimum atomic E-state index is -4.40. The molecule has 1 fully saturated rings. The van der Waals surface area contributed by atoms with Crippen LogP contribution < -0.4 is 11.1 Å². The quantitative estimate of drug-likeness (QED) is 0.693. The number of amides is 3. The third-order valence-corrected chi connectivity index (χ3v) is 3.17. The van der Waals surface area contributed by atoms with Gasteiger partial charge < -0.3 is 21.1 Å². The van der Waals surface area contributed by atoms with Crippen molar-refractivity contribution in [1.82, 2.24) is 10.2 Å². The van der Waals surface area contributed by atoms with Crippen LogP contribution in [0.1, 0.15) is 19.3 Å². The van der Waals surface area contributed by atoms with Crippen LogP contribution in [0.3, 0.4) is 0 Å². The molecule has 21 heavy (non-hydrogen) atoms. The molecule has 3 amide bonds. The maximum Gasteiger partial charge on any atom is 0.393 e. The van der Waals surface area contributed by atoms with E-state index in [1.165, 1.54) is 0 Å². The molecule has 120 valence electrons. The molecular weight excluding hydrogens is 295 g/mol. The van der Waals surface area contributed by atoms with Crippen molar-refractivity contribution in [2.45, 2.75) is 31.5 Å². The van der Waals surface area contributed by atoms with Gasteiger partial charge in [-0.05, 0) is 12.8 Å². The number of nitrogens with one attached hydrogen (secondary N) is 1. The van der Waals surface area contributed by atoms with Gasteiger partial charge in [0.05, 0.1) is 12.3 Å². The van der Waals surface area contributed by atoms with Crippen LogP contribution >= 0.6 is 0 Å². The van der Waals surface area contributed by atoms with Gasteiger partial charge in [-0.3, -0.25) is 4.79 Å². The Morgan fingerprint density at radius 2 is 2.00 bits per heavy atom. The lowest BCUT2D eigenvalue weighted by atomic mass is 9.98. The third kappa shape index (κ3) is 5.12. The van der Waals surface area contributed by atoms with Gasteiger partial charge in [0.25, 0.3) is 0 Å². The third-order valence-electron chi connectivity index (χ3n) is 3.17. The van der Waals surface area contributed by atoms with Gasteiger partial charge in [-0.2, -0.15) is 13.2 Å². The molecule has 0 radical (unpaired) electrons. The highest BCUT2D eigenvalue weighted by atomic mass is 19.4. The van der Waals surface area contributed by atoms with Gasteiger partial charge in [-0.25, -0.2) is 9.59 Å². The molecule has 0 aromatic carbocycles. The summed E-state index contributed by atoms with van der Waals surface area (Å²) < 4.78 is 37.9. The number of carboxylic acid groups (broad SMARTS) is 1. The number of hydrogen-bond donors (Lipinski definition) is 3. The molecule has 2 unspecified atom stereocenters. The van der Waals surface area contributed by atoms with E-state index < -0.39 is 49.0 Å². The zero-order valence-electron chi connectivity index (χ0n) is 11.0. The first-order valence-electron chi connectivity index (χ1n) is 6.24. The number of aliphatic carboxylic acids is 1. The van der Waals surface area contributed by atoms with Crippen LogP contribution in [0, 0.1) is 5.92 Å². The monoisotopic (exact) mass is 311 g/mol. The SMILES string of the molecule is NC(=O)CC(NC(=O)N1CCCC(C(F)(F)F)C1)C(=O)O. The summed E-state index contributed by atoms with van der Waals surface area (Å²) in [4.78, 5) is 34.3. The number of likely N-dealkylation sites (tertiary alicyclic amines) is 1. The molecule has 0 bridgehead atoms. The molecule has 7 nitrogen and oxygen atoms in total. The van der Waals surface area contributed by atoms with E-state index in [4.69, 9.17) is 10.8 Å². The Morgan fingerprint density at radius 3 is 2.48 bits per heavy atom. The second-order valence-electron chi connectivity index (χ2n) is 4.84. The van der Waals surface area contributed by atoms with Crippen LogP contribution in [0.15, 0.2) is 0 Å². The molecule has 1 heterocycles. The Kier molecular flexibility index (Phi) is 5.39. The summed E-state index contributed by atoms with van der Waals surface area (Å²) in [5, 5.41) is 10.8. The van der Waals surface area contributed by atoms with Gasteiger partial charge in [-0.15, -0.1) is 0 Å². The van der Waals surface area contributed by atoms with E-state index in [9.17, 15) is 27.6 Å². The zero-order chi connectivity index (χ0) is 16.2. The van der Waals surface area contributed by atoms with Crippen LogP contribution in [-0.2, 0) is 9.59 Å². The molecule has 0 aromatic heterocycles. The van der Waals surface area contributed by atoms with Crippen molar-refractivity contribution in [3.05, 3.63) is 0 Å². The van der Waals surface area contributed by atoms with Crippen molar-refractivity contribution in [2.75, 3.05) is 13.1 Å². The number of hydrogen-bond acceptors (Lipinski definition) is 3. The maximum absolute atomic E-state index is 12.6. The van der Waals surface area contributed by atoms with Crippen LogP contribution in [0.5, 0.6) is 0 Å². The van der Waals surface area contributed by atoms with Crippen molar-refractivity contribution in [2.24, 2.45) is 11.7 Å². The second-order valence-corrected chi connectivity index (χ2v) is 4.84. The van der Waals surface area contributed by atoms with Crippen LogP contribution in [-0.4, -0.2) is 53.2 Å². The first-order chi connectivity index (χ1) is 9.61. The predicted octanol–water partition coefficient (Wildman–Crippen LogP) is 0.299. The van der Waals surface area contributed by atoms with Crippen molar-refractivity contribution in [3.8, 4) is 0 Å². The Morgan fingerprint density at radius 1 is 1.38 bits per heavy atom. The summed E-state index contributed by atoms with van der Waals surface area (Å²) in [5.41, 5.74) is 4.85. The zero-order valence-corrected chi connectivity index (χ0v) is 11.0. The second kappa shape index (κ2) is 6.64. The largest absolute Gasteiger partial charge is 0.480 e. The lowest BCUT2D eigenvalue weighted by Gasteiger charge is -2.34.